The van der Waals surface area contributed by atoms with Crippen molar-refractivity contribution in [3.05, 3.63) is 12.7 Å². The Morgan fingerprint density at radius 3 is 1.91 bits per heavy atom. The van der Waals surface area contributed by atoms with E-state index in [1.807, 2.05) is 0 Å². The predicted octanol–water partition coefficient (Wildman–Crippen LogP) is 0.449. The van der Waals surface area contributed by atoms with Crippen LogP contribution in [-0.2, 0) is 10.1 Å². The van der Waals surface area contributed by atoms with E-state index in [0.717, 1.165) is 0 Å². The molecule has 4 nitrogen and oxygen atoms in total. The molecule has 0 amide bonds. The van der Waals surface area contributed by atoms with Crippen LogP contribution in [0.3, 0.4) is 0 Å². The summed E-state index contributed by atoms with van der Waals surface area (Å²) >= 11 is 0. The van der Waals surface area contributed by atoms with Crippen LogP contribution in [0.4, 0.5) is 0 Å². The van der Waals surface area contributed by atoms with Crippen molar-refractivity contribution in [3.8, 4) is 0 Å². The van der Waals surface area contributed by atoms with Crippen molar-refractivity contribution >= 4 is 10.1 Å². The molecule has 0 saturated carbocycles. The van der Waals surface area contributed by atoms with E-state index in [9.17, 15) is 8.42 Å². The molecular formula is C6H14O4S. The SMILES string of the molecule is C=CCCO.CCS(=O)(=O)O. The summed E-state index contributed by atoms with van der Waals surface area (Å²) in [5, 5.41) is 8.00. The van der Waals surface area contributed by atoms with E-state index in [0.29, 0.717) is 6.42 Å². The fourth-order valence-electron chi connectivity index (χ4n) is 0.0913. The van der Waals surface area contributed by atoms with Gasteiger partial charge < -0.3 is 5.11 Å². The Morgan fingerprint density at radius 2 is 1.91 bits per heavy atom. The summed E-state index contributed by atoms with van der Waals surface area (Å²) in [6, 6.07) is 0. The summed E-state index contributed by atoms with van der Waals surface area (Å²) in [4.78, 5) is 0. The highest BCUT2D eigenvalue weighted by Crippen LogP contribution is 1.74. The van der Waals surface area contributed by atoms with Crippen molar-refractivity contribution in [2.24, 2.45) is 0 Å². The van der Waals surface area contributed by atoms with E-state index in [-0.39, 0.29) is 12.4 Å². The quantitative estimate of drug-likeness (QED) is 0.491. The number of aliphatic hydroxyl groups is 1. The van der Waals surface area contributed by atoms with Crippen molar-refractivity contribution in [1.29, 1.82) is 0 Å². The van der Waals surface area contributed by atoms with Gasteiger partial charge in [-0.2, -0.15) is 8.42 Å². The molecule has 0 fully saturated rings. The molecule has 0 rings (SSSR count). The van der Waals surface area contributed by atoms with E-state index >= 15 is 0 Å². The molecular weight excluding hydrogens is 168 g/mol. The van der Waals surface area contributed by atoms with Gasteiger partial charge in [-0.15, -0.1) is 6.58 Å². The molecule has 0 saturated heterocycles. The largest absolute Gasteiger partial charge is 0.396 e. The Balaban J connectivity index is 0. The summed E-state index contributed by atoms with van der Waals surface area (Å²) in [7, 11) is -3.66. The second kappa shape index (κ2) is 7.71. The first kappa shape index (κ1) is 13.2. The van der Waals surface area contributed by atoms with E-state index in [1.54, 1.807) is 6.08 Å². The minimum atomic E-state index is -3.66. The molecule has 0 aromatic carbocycles. The van der Waals surface area contributed by atoms with Crippen LogP contribution in [0.2, 0.25) is 0 Å². The van der Waals surface area contributed by atoms with Crippen molar-refractivity contribution in [3.63, 3.8) is 0 Å². The molecule has 0 atom stereocenters. The second-order valence-corrected chi connectivity index (χ2v) is 3.41. The summed E-state index contributed by atoms with van der Waals surface area (Å²) in [6.07, 6.45) is 2.39. The van der Waals surface area contributed by atoms with Crippen LogP contribution in [0.1, 0.15) is 13.3 Å². The first-order chi connectivity index (χ1) is 4.97. The minimum absolute atomic E-state index is 0.201. The lowest BCUT2D eigenvalue weighted by Crippen LogP contribution is -1.97. The maximum atomic E-state index is 9.56. The Hall–Kier alpha value is -0.390. The molecule has 0 aliphatic heterocycles. The van der Waals surface area contributed by atoms with Crippen molar-refractivity contribution in [2.45, 2.75) is 13.3 Å². The summed E-state index contributed by atoms with van der Waals surface area (Å²) < 4.78 is 26.9. The summed E-state index contributed by atoms with van der Waals surface area (Å²) in [5.74, 6) is -0.201. The van der Waals surface area contributed by atoms with Gasteiger partial charge in [0, 0.05) is 6.61 Å². The smallest absolute Gasteiger partial charge is 0.264 e. The molecule has 68 valence electrons. The van der Waals surface area contributed by atoms with Gasteiger partial charge in [0.15, 0.2) is 0 Å². The number of hydrogen-bond donors (Lipinski definition) is 2. The predicted molar refractivity (Wildman–Crippen MR) is 44.0 cm³/mol. The highest BCUT2D eigenvalue weighted by molar-refractivity contribution is 7.85. The zero-order chi connectivity index (χ0) is 9.33. The first-order valence-corrected chi connectivity index (χ1v) is 4.75. The van der Waals surface area contributed by atoms with Crippen LogP contribution in [0.25, 0.3) is 0 Å². The molecule has 0 aromatic heterocycles. The Labute approximate surface area is 67.3 Å². The summed E-state index contributed by atoms with van der Waals surface area (Å²) in [6.45, 7) is 4.99. The van der Waals surface area contributed by atoms with Gasteiger partial charge in [-0.25, -0.2) is 0 Å². The molecule has 11 heavy (non-hydrogen) atoms. The zero-order valence-corrected chi connectivity index (χ0v) is 7.34. The third-order valence-electron chi connectivity index (χ3n) is 0.698. The van der Waals surface area contributed by atoms with Crippen LogP contribution >= 0.6 is 0 Å². The van der Waals surface area contributed by atoms with E-state index in [2.05, 4.69) is 6.58 Å². The molecule has 0 aliphatic rings. The van der Waals surface area contributed by atoms with Crippen LogP contribution in [0.15, 0.2) is 12.7 Å². The Kier molecular flexibility index (Phi) is 9.27. The van der Waals surface area contributed by atoms with Crippen LogP contribution in [0.5, 0.6) is 0 Å². The molecule has 0 heterocycles. The third kappa shape index (κ3) is 26.2. The number of aliphatic hydroxyl groups excluding tert-OH is 1. The lowest BCUT2D eigenvalue weighted by molar-refractivity contribution is 0.303. The van der Waals surface area contributed by atoms with Gasteiger partial charge in [-0.05, 0) is 13.3 Å². The fourth-order valence-corrected chi connectivity index (χ4v) is 0.0913. The maximum Gasteiger partial charge on any atom is 0.264 e. The van der Waals surface area contributed by atoms with E-state index < -0.39 is 10.1 Å². The second-order valence-electron chi connectivity index (χ2n) is 1.67. The molecule has 2 N–H and O–H groups in total. The highest BCUT2D eigenvalue weighted by Gasteiger charge is 1.93. The average Bonchev–Trinajstić information content (AvgIpc) is 1.90. The molecule has 0 radical (unpaired) electrons. The normalized spacial score (nSPS) is 9.73. The first-order valence-electron chi connectivity index (χ1n) is 3.14. The standard InChI is InChI=1S/C4H8O.C2H6O3S/c1-2-3-4-5;1-2-6(3,4)5/h2,5H,1,3-4H2;2H2,1H3,(H,3,4,5). The van der Waals surface area contributed by atoms with Gasteiger partial charge in [0.2, 0.25) is 0 Å². The van der Waals surface area contributed by atoms with Gasteiger partial charge in [0.25, 0.3) is 10.1 Å². The Bertz CT molecular complexity index is 171. The number of rotatable bonds is 3. The minimum Gasteiger partial charge on any atom is -0.396 e. The molecule has 0 bridgehead atoms. The zero-order valence-electron chi connectivity index (χ0n) is 6.52. The lowest BCUT2D eigenvalue weighted by atomic mass is 10.5. The van der Waals surface area contributed by atoms with Crippen molar-refractivity contribution in [2.75, 3.05) is 12.4 Å². The van der Waals surface area contributed by atoms with Crippen molar-refractivity contribution < 1.29 is 18.1 Å². The molecule has 0 aromatic rings. The molecule has 0 aliphatic carbocycles. The van der Waals surface area contributed by atoms with E-state index in [1.165, 1.54) is 6.92 Å². The van der Waals surface area contributed by atoms with Crippen molar-refractivity contribution in [1.82, 2.24) is 0 Å². The van der Waals surface area contributed by atoms with Gasteiger partial charge in [-0.1, -0.05) is 6.08 Å². The van der Waals surface area contributed by atoms with Crippen LogP contribution < -0.4 is 0 Å². The molecule has 0 unspecified atom stereocenters. The summed E-state index contributed by atoms with van der Waals surface area (Å²) in [5.41, 5.74) is 0. The fraction of sp³-hybridized carbons (Fsp3) is 0.667. The molecule has 5 heteroatoms. The third-order valence-corrected chi connectivity index (χ3v) is 1.43. The number of hydrogen-bond acceptors (Lipinski definition) is 3. The monoisotopic (exact) mass is 182 g/mol. The maximum absolute atomic E-state index is 9.56. The van der Waals surface area contributed by atoms with E-state index in [4.69, 9.17) is 9.66 Å². The lowest BCUT2D eigenvalue weighted by Gasteiger charge is -1.79. The van der Waals surface area contributed by atoms with Crippen LogP contribution in [0, 0.1) is 0 Å². The molecule has 0 spiro atoms. The Morgan fingerprint density at radius 1 is 1.55 bits per heavy atom. The van der Waals surface area contributed by atoms with Crippen LogP contribution in [-0.4, -0.2) is 30.4 Å². The average molecular weight is 182 g/mol. The van der Waals surface area contributed by atoms with Gasteiger partial charge >= 0.3 is 0 Å². The highest BCUT2D eigenvalue weighted by atomic mass is 32.2. The van der Waals surface area contributed by atoms with Gasteiger partial charge in [-0.3, -0.25) is 4.55 Å². The van der Waals surface area contributed by atoms with Gasteiger partial charge in [0.1, 0.15) is 0 Å². The van der Waals surface area contributed by atoms with Gasteiger partial charge in [0.05, 0.1) is 5.75 Å². The topological polar surface area (TPSA) is 74.6 Å².